The number of hydrogen-bond donors (Lipinski definition) is 1. The highest BCUT2D eigenvalue weighted by atomic mass is 16.5. The van der Waals surface area contributed by atoms with Crippen molar-refractivity contribution >= 4 is 11.6 Å². The van der Waals surface area contributed by atoms with Gasteiger partial charge in [0.1, 0.15) is 11.8 Å². The summed E-state index contributed by atoms with van der Waals surface area (Å²) in [5.41, 5.74) is 0.854. The number of nitriles is 1. The second-order valence-corrected chi connectivity index (χ2v) is 4.61. The Hall–Kier alpha value is -2.22. The van der Waals surface area contributed by atoms with Crippen LogP contribution in [-0.4, -0.2) is 31.6 Å². The number of anilines is 1. The van der Waals surface area contributed by atoms with Gasteiger partial charge in [0.25, 0.3) is 0 Å². The van der Waals surface area contributed by atoms with E-state index in [4.69, 9.17) is 10.00 Å². The van der Waals surface area contributed by atoms with Crippen molar-refractivity contribution in [3.05, 3.63) is 24.3 Å². The molecule has 5 heteroatoms. The van der Waals surface area contributed by atoms with Gasteiger partial charge in [-0.25, -0.2) is 0 Å². The van der Waals surface area contributed by atoms with E-state index in [0.717, 1.165) is 5.69 Å². The first-order valence-corrected chi connectivity index (χ1v) is 6.24. The van der Waals surface area contributed by atoms with Crippen molar-refractivity contribution in [3.8, 4) is 11.8 Å². The predicted octanol–water partition coefficient (Wildman–Crippen LogP) is 1.30. The van der Waals surface area contributed by atoms with Crippen molar-refractivity contribution in [3.63, 3.8) is 0 Å². The molecule has 1 amide bonds. The third-order valence-corrected chi connectivity index (χ3v) is 3.22. The lowest BCUT2D eigenvalue weighted by molar-refractivity contribution is -0.124. The Bertz CT molecular complexity index is 510. The average molecular weight is 259 g/mol. The summed E-state index contributed by atoms with van der Waals surface area (Å²) < 4.78 is 5.34. The van der Waals surface area contributed by atoms with E-state index in [9.17, 15) is 4.79 Å². The summed E-state index contributed by atoms with van der Waals surface area (Å²) in [7, 11) is 1.60. The highest BCUT2D eigenvalue weighted by molar-refractivity contribution is 5.87. The Morgan fingerprint density at radius 2 is 2.26 bits per heavy atom. The first-order chi connectivity index (χ1) is 9.17. The highest BCUT2D eigenvalue weighted by Crippen LogP contribution is 2.31. The number of piperazine rings is 1. The summed E-state index contributed by atoms with van der Waals surface area (Å²) in [4.78, 5) is 14.0. The molecule has 2 rings (SSSR count). The zero-order chi connectivity index (χ0) is 13.8. The number of carbonyl (C=O) groups is 1. The SMILES string of the molecule is COc1ccccc1N1CC(C)NC(=O)C1CC#N. The topological polar surface area (TPSA) is 65.4 Å². The second-order valence-electron chi connectivity index (χ2n) is 4.61. The molecular weight excluding hydrogens is 242 g/mol. The molecule has 1 N–H and O–H groups in total. The number of nitrogens with zero attached hydrogens (tertiary/aromatic N) is 2. The molecule has 1 saturated heterocycles. The lowest BCUT2D eigenvalue weighted by Gasteiger charge is -2.39. The van der Waals surface area contributed by atoms with Gasteiger partial charge in [-0.05, 0) is 19.1 Å². The molecule has 0 aromatic heterocycles. The Balaban J connectivity index is 2.38. The number of amides is 1. The molecule has 1 aromatic carbocycles. The third-order valence-electron chi connectivity index (χ3n) is 3.22. The van der Waals surface area contributed by atoms with Gasteiger partial charge >= 0.3 is 0 Å². The van der Waals surface area contributed by atoms with Crippen molar-refractivity contribution < 1.29 is 9.53 Å². The van der Waals surface area contributed by atoms with Crippen LogP contribution in [0.25, 0.3) is 0 Å². The van der Waals surface area contributed by atoms with Gasteiger partial charge in [0.05, 0.1) is 25.3 Å². The van der Waals surface area contributed by atoms with Crippen LogP contribution in [0.5, 0.6) is 5.75 Å². The van der Waals surface area contributed by atoms with E-state index in [1.807, 2.05) is 36.1 Å². The second kappa shape index (κ2) is 5.61. The maximum Gasteiger partial charge on any atom is 0.244 e. The average Bonchev–Trinajstić information content (AvgIpc) is 2.41. The Labute approximate surface area is 112 Å². The van der Waals surface area contributed by atoms with Crippen molar-refractivity contribution in [2.24, 2.45) is 0 Å². The molecule has 0 radical (unpaired) electrons. The quantitative estimate of drug-likeness (QED) is 0.888. The summed E-state index contributed by atoms with van der Waals surface area (Å²) in [6.07, 6.45) is 0.163. The molecule has 1 aliphatic heterocycles. The molecule has 1 aliphatic rings. The Morgan fingerprint density at radius 3 is 2.95 bits per heavy atom. The van der Waals surface area contributed by atoms with Crippen molar-refractivity contribution in [1.29, 1.82) is 5.26 Å². The molecule has 2 atom stereocenters. The normalized spacial score (nSPS) is 22.6. The number of rotatable bonds is 3. The van der Waals surface area contributed by atoms with Crippen LogP contribution in [0.2, 0.25) is 0 Å². The summed E-state index contributed by atoms with van der Waals surface area (Å²) in [6, 6.07) is 9.22. The van der Waals surface area contributed by atoms with Gasteiger partial charge in [0, 0.05) is 12.6 Å². The van der Waals surface area contributed by atoms with E-state index < -0.39 is 6.04 Å². The molecule has 0 spiro atoms. The van der Waals surface area contributed by atoms with Gasteiger partial charge in [-0.3, -0.25) is 4.79 Å². The van der Waals surface area contributed by atoms with Gasteiger partial charge in [-0.15, -0.1) is 0 Å². The number of carbonyl (C=O) groups excluding carboxylic acids is 1. The number of ether oxygens (including phenoxy) is 1. The smallest absolute Gasteiger partial charge is 0.244 e. The number of benzene rings is 1. The minimum atomic E-state index is -0.461. The first-order valence-electron chi connectivity index (χ1n) is 6.24. The van der Waals surface area contributed by atoms with Crippen LogP contribution in [0.15, 0.2) is 24.3 Å². The number of methoxy groups -OCH3 is 1. The highest BCUT2D eigenvalue weighted by Gasteiger charge is 2.33. The predicted molar refractivity (Wildman–Crippen MR) is 72.0 cm³/mol. The standard InChI is InChI=1S/C14H17N3O2/c1-10-9-17(12(7-8-15)14(18)16-10)11-5-3-4-6-13(11)19-2/h3-6,10,12H,7,9H2,1-2H3,(H,16,18). The fourth-order valence-electron chi connectivity index (χ4n) is 2.37. The van der Waals surface area contributed by atoms with Crippen LogP contribution in [-0.2, 0) is 4.79 Å². The summed E-state index contributed by atoms with van der Waals surface area (Å²) in [6.45, 7) is 2.61. The summed E-state index contributed by atoms with van der Waals surface area (Å²) in [5.74, 6) is 0.610. The fourth-order valence-corrected chi connectivity index (χ4v) is 2.37. The van der Waals surface area contributed by atoms with Crippen molar-refractivity contribution in [2.45, 2.75) is 25.4 Å². The van der Waals surface area contributed by atoms with Gasteiger partial charge < -0.3 is 15.0 Å². The molecule has 2 unspecified atom stereocenters. The molecule has 0 aliphatic carbocycles. The molecule has 5 nitrogen and oxygen atoms in total. The van der Waals surface area contributed by atoms with Crippen LogP contribution in [0.3, 0.4) is 0 Å². The molecule has 1 aromatic rings. The minimum absolute atomic E-state index is 0.0485. The number of hydrogen-bond acceptors (Lipinski definition) is 4. The number of nitrogens with one attached hydrogen (secondary N) is 1. The fraction of sp³-hybridized carbons (Fsp3) is 0.429. The van der Waals surface area contributed by atoms with Gasteiger partial charge in [-0.1, -0.05) is 12.1 Å². The van der Waals surface area contributed by atoms with E-state index in [1.54, 1.807) is 7.11 Å². The van der Waals surface area contributed by atoms with Crippen LogP contribution in [0, 0.1) is 11.3 Å². The Kier molecular flexibility index (Phi) is 3.91. The van der Waals surface area contributed by atoms with E-state index in [1.165, 1.54) is 0 Å². The maximum atomic E-state index is 12.0. The lowest BCUT2D eigenvalue weighted by Crippen LogP contribution is -2.59. The van der Waals surface area contributed by atoms with Gasteiger partial charge in [0.15, 0.2) is 0 Å². The van der Waals surface area contributed by atoms with Crippen molar-refractivity contribution in [1.82, 2.24) is 5.32 Å². The molecule has 1 fully saturated rings. The molecule has 0 saturated carbocycles. The lowest BCUT2D eigenvalue weighted by atomic mass is 10.0. The molecular formula is C14H17N3O2. The Morgan fingerprint density at radius 1 is 1.53 bits per heavy atom. The summed E-state index contributed by atoms with van der Waals surface area (Å²) in [5, 5.41) is 11.8. The molecule has 0 bridgehead atoms. The third kappa shape index (κ3) is 2.63. The van der Waals surface area contributed by atoms with E-state index in [-0.39, 0.29) is 18.4 Å². The monoisotopic (exact) mass is 259 g/mol. The molecule has 19 heavy (non-hydrogen) atoms. The van der Waals surface area contributed by atoms with Crippen LogP contribution in [0.4, 0.5) is 5.69 Å². The molecule has 1 heterocycles. The largest absolute Gasteiger partial charge is 0.495 e. The zero-order valence-electron chi connectivity index (χ0n) is 11.1. The van der Waals surface area contributed by atoms with E-state index in [0.29, 0.717) is 12.3 Å². The van der Waals surface area contributed by atoms with Crippen LogP contribution in [0.1, 0.15) is 13.3 Å². The van der Waals surface area contributed by atoms with Crippen LogP contribution < -0.4 is 15.0 Å². The van der Waals surface area contributed by atoms with Gasteiger partial charge in [-0.2, -0.15) is 5.26 Å². The van der Waals surface area contributed by atoms with Gasteiger partial charge in [0.2, 0.25) is 5.91 Å². The van der Waals surface area contributed by atoms with E-state index >= 15 is 0 Å². The van der Waals surface area contributed by atoms with E-state index in [2.05, 4.69) is 11.4 Å². The number of para-hydroxylation sites is 2. The zero-order valence-corrected chi connectivity index (χ0v) is 11.1. The first kappa shape index (κ1) is 13.2. The van der Waals surface area contributed by atoms with Crippen LogP contribution >= 0.6 is 0 Å². The molecule has 100 valence electrons. The maximum absolute atomic E-state index is 12.0. The minimum Gasteiger partial charge on any atom is -0.495 e. The summed E-state index contributed by atoms with van der Waals surface area (Å²) >= 11 is 0. The van der Waals surface area contributed by atoms with Crippen molar-refractivity contribution in [2.75, 3.05) is 18.6 Å².